The fourth-order valence-electron chi connectivity index (χ4n) is 3.61. The van der Waals surface area contributed by atoms with Crippen LogP contribution >= 0.6 is 11.8 Å². The van der Waals surface area contributed by atoms with Gasteiger partial charge in [0, 0.05) is 11.8 Å². The summed E-state index contributed by atoms with van der Waals surface area (Å²) in [6.07, 6.45) is 2.20. The van der Waals surface area contributed by atoms with Crippen molar-refractivity contribution in [2.24, 2.45) is 0 Å². The van der Waals surface area contributed by atoms with Crippen LogP contribution < -0.4 is 0 Å². The number of aliphatic carboxylic acids is 2. The first-order chi connectivity index (χ1) is 15.9. The number of halogens is 1. The molecule has 1 aliphatic rings. The number of likely N-dealkylation sites (tertiary alicyclic amines) is 1. The van der Waals surface area contributed by atoms with E-state index in [0.29, 0.717) is 11.8 Å². The number of β-amino-alcohol motifs (C(OH)–C–C–N with tert-alkyl or cyclic N) is 1. The number of benzene rings is 2. The molecule has 2 heterocycles. The van der Waals surface area contributed by atoms with Crippen LogP contribution in [0.25, 0.3) is 11.0 Å². The lowest BCUT2D eigenvalue weighted by Gasteiger charge is -2.30. The Hall–Kier alpha value is -2.95. The molecule has 0 spiro atoms. The van der Waals surface area contributed by atoms with Crippen molar-refractivity contribution < 1.29 is 29.3 Å². The number of aliphatic hydroxyl groups is 1. The molecule has 0 atom stereocenters. The fourth-order valence-corrected chi connectivity index (χ4v) is 4.80. The molecule has 4 rings (SSSR count). The highest BCUT2D eigenvalue weighted by Crippen LogP contribution is 2.32. The van der Waals surface area contributed by atoms with Gasteiger partial charge in [0.05, 0.1) is 24.2 Å². The van der Waals surface area contributed by atoms with E-state index in [0.717, 1.165) is 54.2 Å². The van der Waals surface area contributed by atoms with E-state index < -0.39 is 11.9 Å². The first-order valence-corrected chi connectivity index (χ1v) is 11.4. The van der Waals surface area contributed by atoms with E-state index in [9.17, 15) is 4.39 Å². The Morgan fingerprint density at radius 2 is 1.67 bits per heavy atom. The van der Waals surface area contributed by atoms with E-state index in [-0.39, 0.29) is 12.4 Å². The molecule has 8 nitrogen and oxygen atoms in total. The number of carboxylic acid groups (broad SMARTS) is 2. The van der Waals surface area contributed by atoms with Crippen LogP contribution in [0.5, 0.6) is 0 Å². The third kappa shape index (κ3) is 7.01. The molecule has 1 saturated heterocycles. The summed E-state index contributed by atoms with van der Waals surface area (Å²) in [6, 6.07) is 14.9. The highest BCUT2D eigenvalue weighted by molar-refractivity contribution is 7.99. The first-order valence-electron chi connectivity index (χ1n) is 10.5. The second-order valence-corrected chi connectivity index (χ2v) is 8.86. The van der Waals surface area contributed by atoms with Crippen LogP contribution in [-0.4, -0.2) is 73.2 Å². The number of aromatic nitrogens is 2. The molecule has 10 heteroatoms. The quantitative estimate of drug-likeness (QED) is 0.466. The summed E-state index contributed by atoms with van der Waals surface area (Å²) in [5.41, 5.74) is 3.18. The number of thioether (sulfide) groups is 1. The highest BCUT2D eigenvalue weighted by atomic mass is 32.2. The second-order valence-electron chi connectivity index (χ2n) is 7.59. The molecule has 33 heavy (non-hydrogen) atoms. The Morgan fingerprint density at radius 1 is 1.03 bits per heavy atom. The van der Waals surface area contributed by atoms with E-state index in [1.165, 1.54) is 12.1 Å². The molecule has 0 bridgehead atoms. The maximum atomic E-state index is 13.3. The molecule has 1 fully saturated rings. The van der Waals surface area contributed by atoms with Gasteiger partial charge in [-0.15, -0.1) is 0 Å². The number of para-hydroxylation sites is 2. The van der Waals surface area contributed by atoms with Gasteiger partial charge >= 0.3 is 11.9 Å². The molecule has 0 radical (unpaired) electrons. The lowest BCUT2D eigenvalue weighted by atomic mass is 10.1. The molecule has 0 aliphatic carbocycles. The SMILES string of the molecule is O=C(O)C(=O)O.OCCN1CCC(Sc2nc3ccccc3n2Cc2ccc(F)cc2)CC1. The number of imidazole rings is 1. The zero-order chi connectivity index (χ0) is 23.8. The van der Waals surface area contributed by atoms with Crippen molar-refractivity contribution in [3.63, 3.8) is 0 Å². The number of hydrogen-bond acceptors (Lipinski definition) is 6. The highest BCUT2D eigenvalue weighted by Gasteiger charge is 2.22. The summed E-state index contributed by atoms with van der Waals surface area (Å²) in [4.78, 5) is 25.4. The number of nitrogens with zero attached hydrogens (tertiary/aromatic N) is 3. The standard InChI is InChI=1S/C21H24FN3OS.C2H2O4/c22-17-7-5-16(6-8-17)15-25-20-4-2-1-3-19(20)23-21(25)27-18-9-11-24(12-10-18)13-14-26;3-1(4)2(5)6/h1-8,18,26H,9-15H2;(H,3,4)(H,5,6). The Labute approximate surface area is 194 Å². The number of piperidine rings is 1. The maximum Gasteiger partial charge on any atom is 0.414 e. The van der Waals surface area contributed by atoms with Crippen molar-refractivity contribution in [2.75, 3.05) is 26.2 Å². The number of carboxylic acids is 2. The molecule has 176 valence electrons. The number of aliphatic hydroxyl groups excluding tert-OH is 1. The molecule has 3 N–H and O–H groups in total. The van der Waals surface area contributed by atoms with Crippen LogP contribution in [0.4, 0.5) is 4.39 Å². The van der Waals surface area contributed by atoms with Crippen LogP contribution in [-0.2, 0) is 16.1 Å². The van der Waals surface area contributed by atoms with Gasteiger partial charge < -0.3 is 24.8 Å². The summed E-state index contributed by atoms with van der Waals surface area (Å²) in [7, 11) is 0. The first kappa shape index (κ1) is 24.7. The normalized spacial score (nSPS) is 14.6. The third-order valence-electron chi connectivity index (χ3n) is 5.28. The lowest BCUT2D eigenvalue weighted by Crippen LogP contribution is -2.36. The van der Waals surface area contributed by atoms with E-state index in [1.54, 1.807) is 0 Å². The minimum Gasteiger partial charge on any atom is -0.473 e. The van der Waals surface area contributed by atoms with Crippen LogP contribution in [0, 0.1) is 5.82 Å². The van der Waals surface area contributed by atoms with Gasteiger partial charge in [-0.2, -0.15) is 0 Å². The van der Waals surface area contributed by atoms with Crippen LogP contribution in [0.2, 0.25) is 0 Å². The Bertz CT molecular complexity index is 1070. The van der Waals surface area contributed by atoms with Crippen molar-refractivity contribution in [1.29, 1.82) is 0 Å². The van der Waals surface area contributed by atoms with Gasteiger partial charge in [0.1, 0.15) is 5.82 Å². The van der Waals surface area contributed by atoms with Crippen LogP contribution in [0.15, 0.2) is 53.7 Å². The van der Waals surface area contributed by atoms with Crippen molar-refractivity contribution in [3.05, 3.63) is 59.9 Å². The predicted molar refractivity (Wildman–Crippen MR) is 123 cm³/mol. The minimum absolute atomic E-state index is 0.210. The van der Waals surface area contributed by atoms with E-state index in [2.05, 4.69) is 15.5 Å². The van der Waals surface area contributed by atoms with E-state index in [4.69, 9.17) is 29.9 Å². The largest absolute Gasteiger partial charge is 0.473 e. The summed E-state index contributed by atoms with van der Waals surface area (Å²) < 4.78 is 15.5. The molecule has 0 unspecified atom stereocenters. The van der Waals surface area contributed by atoms with Crippen molar-refractivity contribution in [1.82, 2.24) is 14.5 Å². The second kappa shape index (κ2) is 11.8. The van der Waals surface area contributed by atoms with Gasteiger partial charge in [0.15, 0.2) is 5.16 Å². The zero-order valence-electron chi connectivity index (χ0n) is 17.9. The average molecular weight is 476 g/mol. The average Bonchev–Trinajstić information content (AvgIpc) is 3.14. The number of hydrogen-bond donors (Lipinski definition) is 3. The minimum atomic E-state index is -1.82. The molecule has 0 amide bonds. The van der Waals surface area contributed by atoms with Crippen LogP contribution in [0.3, 0.4) is 0 Å². The maximum absolute atomic E-state index is 13.3. The molecule has 1 aliphatic heterocycles. The molecule has 1 aromatic heterocycles. The molecule has 2 aromatic carbocycles. The topological polar surface area (TPSA) is 116 Å². The predicted octanol–water partition coefficient (Wildman–Crippen LogP) is 2.93. The Kier molecular flexibility index (Phi) is 8.81. The smallest absolute Gasteiger partial charge is 0.414 e. The van der Waals surface area contributed by atoms with Crippen molar-refractivity contribution >= 4 is 34.7 Å². The lowest BCUT2D eigenvalue weighted by molar-refractivity contribution is -0.159. The van der Waals surface area contributed by atoms with E-state index in [1.807, 2.05) is 42.1 Å². The summed E-state index contributed by atoms with van der Waals surface area (Å²) in [5, 5.41) is 25.5. The summed E-state index contributed by atoms with van der Waals surface area (Å²) >= 11 is 1.85. The molecular formula is C23H26FN3O5S. The number of fused-ring (bicyclic) bond motifs is 1. The van der Waals surface area contributed by atoms with Crippen molar-refractivity contribution in [3.8, 4) is 0 Å². The fraction of sp³-hybridized carbons (Fsp3) is 0.348. The Morgan fingerprint density at radius 3 is 2.27 bits per heavy atom. The van der Waals surface area contributed by atoms with Gasteiger partial charge in [-0.3, -0.25) is 0 Å². The van der Waals surface area contributed by atoms with Crippen LogP contribution in [0.1, 0.15) is 18.4 Å². The van der Waals surface area contributed by atoms with Gasteiger partial charge in [0.2, 0.25) is 0 Å². The summed E-state index contributed by atoms with van der Waals surface area (Å²) in [6.45, 7) is 3.73. The number of carbonyl (C=O) groups is 2. The Balaban J connectivity index is 0.000000454. The van der Waals surface area contributed by atoms with E-state index >= 15 is 0 Å². The van der Waals surface area contributed by atoms with Gasteiger partial charge in [0.25, 0.3) is 0 Å². The zero-order valence-corrected chi connectivity index (χ0v) is 18.7. The van der Waals surface area contributed by atoms with Gasteiger partial charge in [-0.25, -0.2) is 19.0 Å². The van der Waals surface area contributed by atoms with Crippen molar-refractivity contribution in [2.45, 2.75) is 29.8 Å². The van der Waals surface area contributed by atoms with Gasteiger partial charge in [-0.1, -0.05) is 36.0 Å². The summed E-state index contributed by atoms with van der Waals surface area (Å²) in [5.74, 6) is -3.86. The third-order valence-corrected chi connectivity index (χ3v) is 6.61. The molecular weight excluding hydrogens is 449 g/mol. The monoisotopic (exact) mass is 475 g/mol. The molecule has 3 aromatic rings. The number of rotatable bonds is 6. The molecule has 0 saturated carbocycles. The van der Waals surface area contributed by atoms with Gasteiger partial charge in [-0.05, 0) is 55.8 Å².